The number of carbonyl (C=O) groups excluding carboxylic acids is 1. The van der Waals surface area contributed by atoms with Crippen molar-refractivity contribution < 1.29 is 22.7 Å². The van der Waals surface area contributed by atoms with Gasteiger partial charge in [0, 0.05) is 31.9 Å². The van der Waals surface area contributed by atoms with E-state index in [1.54, 1.807) is 19.4 Å². The Kier molecular flexibility index (Phi) is 7.70. The molecule has 1 atom stereocenters. The molecule has 34 heavy (non-hydrogen) atoms. The van der Waals surface area contributed by atoms with Crippen molar-refractivity contribution >= 4 is 15.9 Å². The molecule has 0 saturated carbocycles. The Bertz CT molecular complexity index is 1090. The summed E-state index contributed by atoms with van der Waals surface area (Å²) in [6.07, 6.45) is 7.02. The number of piperidine rings is 1. The number of ether oxygens (including phenoxy) is 2. The van der Waals surface area contributed by atoms with Crippen molar-refractivity contribution in [2.75, 3.05) is 46.3 Å². The highest BCUT2D eigenvalue weighted by Gasteiger charge is 2.28. The second-order valence-electron chi connectivity index (χ2n) is 8.89. The van der Waals surface area contributed by atoms with E-state index < -0.39 is 10.0 Å². The molecule has 184 valence electrons. The predicted octanol–water partition coefficient (Wildman–Crippen LogP) is 2.01. The van der Waals surface area contributed by atoms with Crippen LogP contribution in [0, 0.1) is 5.92 Å². The Morgan fingerprint density at radius 2 is 1.97 bits per heavy atom. The van der Waals surface area contributed by atoms with Gasteiger partial charge < -0.3 is 19.7 Å². The summed E-state index contributed by atoms with van der Waals surface area (Å²) in [5.41, 5.74) is 1.82. The standard InChI is InChI=1S/C24H32N4O5S/c1-27(34(2,30)31)11-4-12-28-13-8-18(9-14-28)24(29)26-23(20-5-3-10-25-16-20)19-6-7-21-22(15-19)33-17-32-21/h3,5-7,10,15-16,18,23H,4,8-9,11-14,17H2,1-2H3,(H,26,29). The van der Waals surface area contributed by atoms with Crippen molar-refractivity contribution in [3.63, 3.8) is 0 Å². The van der Waals surface area contributed by atoms with Crippen molar-refractivity contribution in [3.8, 4) is 11.5 Å². The van der Waals surface area contributed by atoms with Crippen LogP contribution in [0.1, 0.15) is 36.4 Å². The van der Waals surface area contributed by atoms with E-state index in [4.69, 9.17) is 9.47 Å². The molecule has 1 fully saturated rings. The summed E-state index contributed by atoms with van der Waals surface area (Å²) in [7, 11) is -1.54. The molecule has 9 nitrogen and oxygen atoms in total. The van der Waals surface area contributed by atoms with Gasteiger partial charge in [-0.1, -0.05) is 12.1 Å². The number of hydrogen-bond donors (Lipinski definition) is 1. The average molecular weight is 489 g/mol. The second kappa shape index (κ2) is 10.7. The summed E-state index contributed by atoms with van der Waals surface area (Å²) in [6.45, 7) is 3.17. The van der Waals surface area contributed by atoms with E-state index in [1.165, 1.54) is 10.6 Å². The lowest BCUT2D eigenvalue weighted by atomic mass is 9.93. The Morgan fingerprint density at radius 1 is 1.21 bits per heavy atom. The summed E-state index contributed by atoms with van der Waals surface area (Å²) in [4.78, 5) is 19.8. The Hall–Kier alpha value is -2.69. The molecule has 1 amide bonds. The molecule has 1 saturated heterocycles. The molecule has 0 bridgehead atoms. The van der Waals surface area contributed by atoms with Gasteiger partial charge in [0.05, 0.1) is 12.3 Å². The maximum Gasteiger partial charge on any atom is 0.231 e. The third kappa shape index (κ3) is 6.05. The van der Waals surface area contributed by atoms with E-state index in [0.717, 1.165) is 50.0 Å². The maximum absolute atomic E-state index is 13.2. The first-order valence-electron chi connectivity index (χ1n) is 11.5. The summed E-state index contributed by atoms with van der Waals surface area (Å²) in [5, 5.41) is 3.23. The van der Waals surface area contributed by atoms with E-state index in [0.29, 0.717) is 18.0 Å². The topological polar surface area (TPSA) is 101 Å². The number of rotatable bonds is 9. The fourth-order valence-electron chi connectivity index (χ4n) is 4.36. The van der Waals surface area contributed by atoms with Crippen LogP contribution in [0.3, 0.4) is 0 Å². The fraction of sp³-hybridized carbons (Fsp3) is 0.500. The SMILES string of the molecule is CN(CCCN1CCC(C(=O)NC(c2cccnc2)c2ccc3c(c2)OCO3)CC1)S(C)(=O)=O. The van der Waals surface area contributed by atoms with Gasteiger partial charge in [0.15, 0.2) is 11.5 Å². The Morgan fingerprint density at radius 3 is 2.68 bits per heavy atom. The maximum atomic E-state index is 13.2. The highest BCUT2D eigenvalue weighted by Crippen LogP contribution is 2.35. The van der Waals surface area contributed by atoms with Crippen LogP contribution in [0.4, 0.5) is 0 Å². The number of nitrogens with zero attached hydrogens (tertiary/aromatic N) is 3. The third-order valence-electron chi connectivity index (χ3n) is 6.51. The molecule has 1 aromatic heterocycles. The molecule has 2 aliphatic rings. The first kappa shape index (κ1) is 24.4. The first-order valence-corrected chi connectivity index (χ1v) is 13.4. The lowest BCUT2D eigenvalue weighted by Crippen LogP contribution is -2.42. The van der Waals surface area contributed by atoms with Crippen molar-refractivity contribution in [2.24, 2.45) is 5.92 Å². The number of hydrogen-bond acceptors (Lipinski definition) is 7. The molecule has 10 heteroatoms. The summed E-state index contributed by atoms with van der Waals surface area (Å²) in [6, 6.07) is 9.21. The lowest BCUT2D eigenvalue weighted by molar-refractivity contribution is -0.127. The molecular formula is C24H32N4O5S. The molecule has 4 rings (SSSR count). The number of nitrogens with one attached hydrogen (secondary N) is 1. The van der Waals surface area contributed by atoms with Gasteiger partial charge in [0.2, 0.25) is 22.7 Å². The highest BCUT2D eigenvalue weighted by molar-refractivity contribution is 7.88. The van der Waals surface area contributed by atoms with Crippen LogP contribution in [0.2, 0.25) is 0 Å². The van der Waals surface area contributed by atoms with E-state index in [2.05, 4.69) is 15.2 Å². The summed E-state index contributed by atoms with van der Waals surface area (Å²) in [5.74, 6) is 1.34. The number of carbonyl (C=O) groups is 1. The molecule has 0 aliphatic carbocycles. The Balaban J connectivity index is 1.35. The number of amides is 1. The van der Waals surface area contributed by atoms with Crippen LogP contribution in [-0.4, -0.2) is 74.8 Å². The Labute approximate surface area is 201 Å². The average Bonchev–Trinajstić information content (AvgIpc) is 3.30. The van der Waals surface area contributed by atoms with Gasteiger partial charge >= 0.3 is 0 Å². The van der Waals surface area contributed by atoms with Gasteiger partial charge in [-0.25, -0.2) is 12.7 Å². The van der Waals surface area contributed by atoms with Crippen molar-refractivity contribution in [1.82, 2.24) is 19.5 Å². The minimum absolute atomic E-state index is 0.0305. The molecular weight excluding hydrogens is 456 g/mol. The summed E-state index contributed by atoms with van der Waals surface area (Å²) < 4.78 is 35.4. The van der Waals surface area contributed by atoms with Gasteiger partial charge in [-0.2, -0.15) is 0 Å². The summed E-state index contributed by atoms with van der Waals surface area (Å²) >= 11 is 0. The van der Waals surface area contributed by atoms with E-state index in [1.807, 2.05) is 30.3 Å². The zero-order valence-corrected chi connectivity index (χ0v) is 20.5. The number of benzene rings is 1. The zero-order chi connectivity index (χ0) is 24.1. The van der Waals surface area contributed by atoms with Gasteiger partial charge in [0.25, 0.3) is 0 Å². The molecule has 1 aromatic carbocycles. The van der Waals surface area contributed by atoms with E-state index >= 15 is 0 Å². The van der Waals surface area contributed by atoms with Crippen LogP contribution in [0.15, 0.2) is 42.7 Å². The van der Waals surface area contributed by atoms with Crippen molar-refractivity contribution in [2.45, 2.75) is 25.3 Å². The number of aromatic nitrogens is 1. The monoisotopic (exact) mass is 488 g/mol. The highest BCUT2D eigenvalue weighted by atomic mass is 32.2. The number of likely N-dealkylation sites (tertiary alicyclic amines) is 1. The molecule has 3 heterocycles. The van der Waals surface area contributed by atoms with Crippen LogP contribution in [0.25, 0.3) is 0 Å². The van der Waals surface area contributed by atoms with Gasteiger partial charge in [-0.3, -0.25) is 9.78 Å². The first-order chi connectivity index (χ1) is 16.3. The van der Waals surface area contributed by atoms with Crippen molar-refractivity contribution in [1.29, 1.82) is 0 Å². The molecule has 1 unspecified atom stereocenters. The smallest absolute Gasteiger partial charge is 0.231 e. The molecule has 0 spiro atoms. The van der Waals surface area contributed by atoms with E-state index in [-0.39, 0.29) is 24.7 Å². The number of fused-ring (bicyclic) bond motifs is 1. The van der Waals surface area contributed by atoms with Gasteiger partial charge in [-0.15, -0.1) is 0 Å². The minimum Gasteiger partial charge on any atom is -0.454 e. The molecule has 2 aliphatic heterocycles. The second-order valence-corrected chi connectivity index (χ2v) is 11.0. The zero-order valence-electron chi connectivity index (χ0n) is 19.6. The largest absolute Gasteiger partial charge is 0.454 e. The number of pyridine rings is 1. The van der Waals surface area contributed by atoms with E-state index in [9.17, 15) is 13.2 Å². The van der Waals surface area contributed by atoms with Crippen LogP contribution < -0.4 is 14.8 Å². The third-order valence-corrected chi connectivity index (χ3v) is 7.82. The molecule has 1 N–H and O–H groups in total. The van der Waals surface area contributed by atoms with Crippen LogP contribution in [-0.2, 0) is 14.8 Å². The van der Waals surface area contributed by atoms with Crippen LogP contribution >= 0.6 is 0 Å². The number of sulfonamides is 1. The van der Waals surface area contributed by atoms with Crippen molar-refractivity contribution in [3.05, 3.63) is 53.9 Å². The fourth-order valence-corrected chi connectivity index (χ4v) is 4.82. The van der Waals surface area contributed by atoms with Gasteiger partial charge in [0.1, 0.15) is 0 Å². The lowest BCUT2D eigenvalue weighted by Gasteiger charge is -2.32. The normalized spacial score (nSPS) is 17.6. The molecule has 0 radical (unpaired) electrons. The van der Waals surface area contributed by atoms with Crippen LogP contribution in [0.5, 0.6) is 11.5 Å². The van der Waals surface area contributed by atoms with Gasteiger partial charge in [-0.05, 0) is 68.2 Å². The quantitative estimate of drug-likeness (QED) is 0.576. The minimum atomic E-state index is -3.14. The molecule has 2 aromatic rings. The predicted molar refractivity (Wildman–Crippen MR) is 128 cm³/mol.